The van der Waals surface area contributed by atoms with Gasteiger partial charge in [0.1, 0.15) is 11.6 Å². The number of aliphatic carboxylic acids is 1. The predicted molar refractivity (Wildman–Crippen MR) is 128 cm³/mol. The maximum absolute atomic E-state index is 14.8. The quantitative estimate of drug-likeness (QED) is 0.517. The normalized spacial score (nSPS) is 25.4. The van der Waals surface area contributed by atoms with E-state index < -0.39 is 43.2 Å². The van der Waals surface area contributed by atoms with Crippen molar-refractivity contribution in [3.63, 3.8) is 0 Å². The van der Waals surface area contributed by atoms with Crippen LogP contribution < -0.4 is 0 Å². The summed E-state index contributed by atoms with van der Waals surface area (Å²) < 4.78 is 59.8. The van der Waals surface area contributed by atoms with Crippen molar-refractivity contribution in [1.29, 1.82) is 0 Å². The lowest BCUT2D eigenvalue weighted by molar-refractivity contribution is -0.151. The van der Waals surface area contributed by atoms with Gasteiger partial charge in [-0.05, 0) is 107 Å². The molecule has 2 aliphatic carbocycles. The molecular weight excluding hydrogens is 474 g/mol. The van der Waals surface area contributed by atoms with Crippen molar-refractivity contribution in [3.8, 4) is 0 Å². The lowest BCUT2D eigenvalue weighted by Crippen LogP contribution is -2.46. The maximum Gasteiger partial charge on any atom is 0.314 e. The zero-order valence-corrected chi connectivity index (χ0v) is 21.1. The number of hydrogen-bond donors (Lipinski definition) is 1. The molecule has 5 nitrogen and oxygen atoms in total. The minimum Gasteiger partial charge on any atom is -0.481 e. The van der Waals surface area contributed by atoms with E-state index in [2.05, 4.69) is 0 Å². The number of hydrogen-bond acceptors (Lipinski definition) is 4. The molecule has 0 atom stereocenters. The zero-order chi connectivity index (χ0) is 25.6. The minimum absolute atomic E-state index is 0.108. The van der Waals surface area contributed by atoms with Crippen molar-refractivity contribution in [3.05, 3.63) is 65.2 Å². The molecule has 2 aromatic rings. The Labute approximate surface area is 205 Å². The highest BCUT2D eigenvalue weighted by Gasteiger charge is 2.50. The smallest absolute Gasteiger partial charge is 0.314 e. The van der Waals surface area contributed by atoms with Crippen LogP contribution in [-0.2, 0) is 30.4 Å². The first-order chi connectivity index (χ1) is 16.3. The first-order valence-electron chi connectivity index (χ1n) is 12.0. The summed E-state index contributed by atoms with van der Waals surface area (Å²) in [6.07, 6.45) is 2.99. The Kier molecular flexibility index (Phi) is 6.60. The van der Waals surface area contributed by atoms with Crippen LogP contribution >= 0.6 is 0 Å². The molecule has 190 valence electrons. The van der Waals surface area contributed by atoms with Crippen LogP contribution in [0.5, 0.6) is 0 Å². The Morgan fingerprint density at radius 3 is 2.09 bits per heavy atom. The van der Waals surface area contributed by atoms with Crippen LogP contribution in [0.15, 0.2) is 47.4 Å². The summed E-state index contributed by atoms with van der Waals surface area (Å²) >= 11 is 0. The van der Waals surface area contributed by atoms with Gasteiger partial charge in [-0.1, -0.05) is 12.1 Å². The van der Waals surface area contributed by atoms with Gasteiger partial charge in [-0.15, -0.1) is 0 Å². The van der Waals surface area contributed by atoms with Gasteiger partial charge in [0.25, 0.3) is 0 Å². The van der Waals surface area contributed by atoms with Crippen molar-refractivity contribution in [1.82, 2.24) is 0 Å². The first-order valence-corrected chi connectivity index (χ1v) is 13.5. The average Bonchev–Trinajstić information content (AvgIpc) is 3.62. The highest BCUT2D eigenvalue weighted by Crippen LogP contribution is 2.50. The molecule has 8 heteroatoms. The summed E-state index contributed by atoms with van der Waals surface area (Å²) in [5.41, 5.74) is -1.31. The molecule has 1 N–H and O–H groups in total. The fraction of sp³-hybridized carbons (Fsp3) is 0.519. The van der Waals surface area contributed by atoms with Gasteiger partial charge in [0.05, 0.1) is 27.3 Å². The molecule has 35 heavy (non-hydrogen) atoms. The van der Waals surface area contributed by atoms with Crippen LogP contribution in [0.1, 0.15) is 70.4 Å². The third-order valence-electron chi connectivity index (χ3n) is 7.52. The number of benzene rings is 2. The molecule has 0 spiro atoms. The fourth-order valence-electron chi connectivity index (χ4n) is 4.89. The van der Waals surface area contributed by atoms with Crippen molar-refractivity contribution in [2.24, 2.45) is 5.92 Å². The molecule has 2 aromatic carbocycles. The standard InChI is InChI=1S/C27H32F2O5S/c1-25(2,3)35(32,33)23-15-20(14-22(29)16-23)27(34-17-18-4-5-18)12-10-26(11-13-27,24(30)31)19-6-8-21(28)9-7-19/h6-9,14-16,18H,4-5,10-13,17H2,1-3H3,(H,30,31)/t26-,27+. The molecule has 4 rings (SSSR count). The van der Waals surface area contributed by atoms with Crippen molar-refractivity contribution < 1.29 is 31.8 Å². The van der Waals surface area contributed by atoms with Gasteiger partial charge in [-0.2, -0.15) is 0 Å². The molecule has 0 bridgehead atoms. The van der Waals surface area contributed by atoms with Crippen molar-refractivity contribution in [2.75, 3.05) is 6.61 Å². The van der Waals surface area contributed by atoms with E-state index >= 15 is 0 Å². The molecule has 2 fully saturated rings. The summed E-state index contributed by atoms with van der Waals surface area (Å²) in [4.78, 5) is 12.4. The van der Waals surface area contributed by atoms with E-state index in [1.807, 2.05) is 0 Å². The average molecular weight is 507 g/mol. The zero-order valence-electron chi connectivity index (χ0n) is 20.3. The number of halogens is 2. The van der Waals surface area contributed by atoms with E-state index in [0.29, 0.717) is 23.7 Å². The number of ether oxygens (including phenoxy) is 1. The van der Waals surface area contributed by atoms with Crippen LogP contribution in [-0.4, -0.2) is 30.8 Å². The molecule has 0 heterocycles. The lowest BCUT2D eigenvalue weighted by atomic mass is 9.63. The third kappa shape index (κ3) is 4.87. The van der Waals surface area contributed by atoms with E-state index in [1.165, 1.54) is 36.4 Å². The van der Waals surface area contributed by atoms with Gasteiger partial charge in [-0.25, -0.2) is 17.2 Å². The number of rotatable bonds is 7. The van der Waals surface area contributed by atoms with Gasteiger partial charge in [0.2, 0.25) is 0 Å². The summed E-state index contributed by atoms with van der Waals surface area (Å²) in [6, 6.07) is 9.32. The lowest BCUT2D eigenvalue weighted by Gasteiger charge is -2.45. The molecule has 2 saturated carbocycles. The van der Waals surface area contributed by atoms with E-state index in [4.69, 9.17) is 4.74 Å². The fourth-order valence-corrected chi connectivity index (χ4v) is 6.15. The van der Waals surface area contributed by atoms with Crippen molar-refractivity contribution >= 4 is 15.8 Å². The highest BCUT2D eigenvalue weighted by molar-refractivity contribution is 7.92. The molecule has 0 amide bonds. The Morgan fingerprint density at radius 1 is 0.971 bits per heavy atom. The van der Waals surface area contributed by atoms with E-state index in [-0.39, 0.29) is 30.6 Å². The third-order valence-corrected chi connectivity index (χ3v) is 9.99. The predicted octanol–water partition coefficient (Wildman–Crippen LogP) is 5.76. The van der Waals surface area contributed by atoms with Gasteiger partial charge in [0, 0.05) is 0 Å². The number of carboxylic acids is 1. The molecule has 2 aliphatic rings. The van der Waals surface area contributed by atoms with Crippen LogP contribution in [0.3, 0.4) is 0 Å². The number of carbonyl (C=O) groups is 1. The molecule has 0 aromatic heterocycles. The Bertz CT molecular complexity index is 1200. The monoisotopic (exact) mass is 506 g/mol. The molecule has 0 saturated heterocycles. The second kappa shape index (κ2) is 8.96. The SMILES string of the molecule is CC(C)(C)S(=O)(=O)c1cc(F)cc([C@]2(OCC3CC3)CC[C@](C(=O)O)(c3ccc(F)cc3)CC2)c1. The van der Waals surface area contributed by atoms with Crippen LogP contribution in [0, 0.1) is 17.6 Å². The topological polar surface area (TPSA) is 80.7 Å². The maximum atomic E-state index is 14.8. The summed E-state index contributed by atoms with van der Waals surface area (Å²) in [6.45, 7) is 5.15. The van der Waals surface area contributed by atoms with Gasteiger partial charge < -0.3 is 9.84 Å². The second-order valence-electron chi connectivity index (χ2n) is 10.9. The summed E-state index contributed by atoms with van der Waals surface area (Å²) in [5.74, 6) is -1.72. The number of sulfone groups is 1. The van der Waals surface area contributed by atoms with Crippen LogP contribution in [0.2, 0.25) is 0 Å². The van der Waals surface area contributed by atoms with Gasteiger partial charge in [0.15, 0.2) is 9.84 Å². The first kappa shape index (κ1) is 25.8. The largest absolute Gasteiger partial charge is 0.481 e. The highest BCUT2D eigenvalue weighted by atomic mass is 32.2. The summed E-state index contributed by atoms with van der Waals surface area (Å²) in [5, 5.41) is 10.2. The van der Waals surface area contributed by atoms with E-state index in [9.17, 15) is 27.1 Å². The van der Waals surface area contributed by atoms with Gasteiger partial charge in [-0.3, -0.25) is 4.79 Å². The van der Waals surface area contributed by atoms with Crippen LogP contribution in [0.25, 0.3) is 0 Å². The molecular formula is C27H32F2O5S. The van der Waals surface area contributed by atoms with Crippen LogP contribution in [0.4, 0.5) is 8.78 Å². The summed E-state index contributed by atoms with van der Waals surface area (Å²) in [7, 11) is -3.81. The van der Waals surface area contributed by atoms with Gasteiger partial charge >= 0.3 is 5.97 Å². The molecule has 0 aliphatic heterocycles. The Balaban J connectivity index is 1.74. The minimum atomic E-state index is -3.81. The van der Waals surface area contributed by atoms with E-state index in [0.717, 1.165) is 18.9 Å². The molecule has 0 unspecified atom stereocenters. The van der Waals surface area contributed by atoms with E-state index in [1.54, 1.807) is 20.8 Å². The Hall–Kier alpha value is -2.32. The van der Waals surface area contributed by atoms with Crippen molar-refractivity contribution in [2.45, 2.75) is 80.0 Å². The Morgan fingerprint density at radius 2 is 1.57 bits per heavy atom. The molecule has 0 radical (unpaired) electrons. The number of carboxylic acid groups (broad SMARTS) is 1. The second-order valence-corrected chi connectivity index (χ2v) is 13.6.